The van der Waals surface area contributed by atoms with Crippen LogP contribution >= 0.6 is 11.8 Å². The van der Waals surface area contributed by atoms with Gasteiger partial charge in [0, 0.05) is 13.6 Å². The zero-order chi connectivity index (χ0) is 10.5. The van der Waals surface area contributed by atoms with Gasteiger partial charge < -0.3 is 10.6 Å². The fourth-order valence-electron chi connectivity index (χ4n) is 1.68. The van der Waals surface area contributed by atoms with Crippen molar-refractivity contribution in [3.8, 4) is 0 Å². The predicted octanol–water partition coefficient (Wildman–Crippen LogP) is 2.29. The summed E-state index contributed by atoms with van der Waals surface area (Å²) in [5.41, 5.74) is 2.17. The average molecular weight is 223 g/mol. The first-order valence-corrected chi connectivity index (χ1v) is 6.48. The van der Waals surface area contributed by atoms with E-state index in [-0.39, 0.29) is 0 Å². The summed E-state index contributed by atoms with van der Waals surface area (Å²) in [4.78, 5) is 4.17. The average Bonchev–Trinajstić information content (AvgIpc) is 2.79. The van der Waals surface area contributed by atoms with E-state index < -0.39 is 0 Å². The van der Waals surface area contributed by atoms with Gasteiger partial charge in [-0.3, -0.25) is 4.98 Å². The summed E-state index contributed by atoms with van der Waals surface area (Å²) in [6, 6.07) is 2.09. The Bertz CT molecular complexity index is 310. The zero-order valence-corrected chi connectivity index (χ0v) is 9.81. The molecule has 1 aliphatic rings. The molecule has 4 heteroatoms. The molecule has 0 spiro atoms. The molecular weight excluding hydrogens is 206 g/mol. The monoisotopic (exact) mass is 223 g/mol. The lowest BCUT2D eigenvalue weighted by molar-refractivity contribution is 0.632. The molecule has 3 nitrogen and oxygen atoms in total. The van der Waals surface area contributed by atoms with Crippen molar-refractivity contribution in [1.29, 1.82) is 0 Å². The van der Waals surface area contributed by atoms with E-state index in [4.69, 9.17) is 0 Å². The smallest absolute Gasteiger partial charge is 0.0547 e. The lowest BCUT2D eigenvalue weighted by Gasteiger charge is -2.11. The maximum atomic E-state index is 4.17. The predicted molar refractivity (Wildman–Crippen MR) is 67.7 cm³/mol. The Morgan fingerprint density at radius 2 is 2.33 bits per heavy atom. The van der Waals surface area contributed by atoms with Crippen LogP contribution in [0.15, 0.2) is 18.5 Å². The third-order valence-corrected chi connectivity index (χ3v) is 3.88. The molecule has 0 aromatic carbocycles. The van der Waals surface area contributed by atoms with Gasteiger partial charge in [0.15, 0.2) is 0 Å². The molecule has 1 aromatic rings. The third kappa shape index (κ3) is 3.02. The van der Waals surface area contributed by atoms with E-state index >= 15 is 0 Å². The molecule has 15 heavy (non-hydrogen) atoms. The van der Waals surface area contributed by atoms with Gasteiger partial charge in [-0.25, -0.2) is 0 Å². The van der Waals surface area contributed by atoms with Gasteiger partial charge in [0.25, 0.3) is 0 Å². The molecule has 0 aliphatic carbocycles. The molecule has 0 radical (unpaired) electrons. The van der Waals surface area contributed by atoms with Crippen LogP contribution in [0.2, 0.25) is 0 Å². The second-order valence-electron chi connectivity index (χ2n) is 3.82. The van der Waals surface area contributed by atoms with Crippen LogP contribution in [0.5, 0.6) is 0 Å². The summed E-state index contributed by atoms with van der Waals surface area (Å²) < 4.78 is 0. The summed E-state index contributed by atoms with van der Waals surface area (Å²) in [6.45, 7) is 1.07. The van der Waals surface area contributed by atoms with Crippen molar-refractivity contribution in [3.05, 3.63) is 18.5 Å². The quantitative estimate of drug-likeness (QED) is 0.821. The Morgan fingerprint density at radius 3 is 3.07 bits per heavy atom. The van der Waals surface area contributed by atoms with E-state index in [0.717, 1.165) is 23.8 Å². The van der Waals surface area contributed by atoms with Crippen LogP contribution in [-0.2, 0) is 0 Å². The number of nitrogens with zero attached hydrogens (tertiary/aromatic N) is 1. The fraction of sp³-hybridized carbons (Fsp3) is 0.545. The van der Waals surface area contributed by atoms with Gasteiger partial charge in [-0.2, -0.15) is 11.8 Å². The summed E-state index contributed by atoms with van der Waals surface area (Å²) in [5.74, 6) is 3.45. The van der Waals surface area contributed by atoms with Crippen LogP contribution < -0.4 is 10.6 Å². The third-order valence-electron chi connectivity index (χ3n) is 2.65. The number of nitrogens with one attached hydrogen (secondary N) is 2. The van der Waals surface area contributed by atoms with Crippen LogP contribution in [0.25, 0.3) is 0 Å². The standard InChI is InChI=1S/C11H17N3S/c1-12-10-4-11(7-13-6-10)14-5-9-2-3-15-8-9/h4,6-7,9,12,14H,2-3,5,8H2,1H3. The molecule has 2 N–H and O–H groups in total. The lowest BCUT2D eigenvalue weighted by Crippen LogP contribution is -2.13. The number of aromatic nitrogens is 1. The number of anilines is 2. The first kappa shape index (κ1) is 10.6. The fourth-order valence-corrected chi connectivity index (χ4v) is 2.96. The molecule has 1 atom stereocenters. The van der Waals surface area contributed by atoms with Gasteiger partial charge in [-0.1, -0.05) is 0 Å². The zero-order valence-electron chi connectivity index (χ0n) is 8.99. The lowest BCUT2D eigenvalue weighted by atomic mass is 10.1. The molecule has 82 valence electrons. The molecule has 2 rings (SSSR count). The van der Waals surface area contributed by atoms with Crippen molar-refractivity contribution in [3.63, 3.8) is 0 Å². The van der Waals surface area contributed by atoms with Crippen LogP contribution in [0, 0.1) is 5.92 Å². The van der Waals surface area contributed by atoms with Gasteiger partial charge in [-0.15, -0.1) is 0 Å². The van der Waals surface area contributed by atoms with Crippen LogP contribution in [0.3, 0.4) is 0 Å². The van der Waals surface area contributed by atoms with E-state index in [1.165, 1.54) is 17.9 Å². The van der Waals surface area contributed by atoms with E-state index in [2.05, 4.69) is 33.4 Å². The topological polar surface area (TPSA) is 37.0 Å². The highest BCUT2D eigenvalue weighted by Crippen LogP contribution is 2.23. The Morgan fingerprint density at radius 1 is 1.47 bits per heavy atom. The van der Waals surface area contributed by atoms with Crippen molar-refractivity contribution in [1.82, 2.24) is 4.98 Å². The molecule has 1 aliphatic heterocycles. The van der Waals surface area contributed by atoms with Gasteiger partial charge in [-0.05, 0) is 29.9 Å². The number of hydrogen-bond donors (Lipinski definition) is 2. The van der Waals surface area contributed by atoms with Crippen molar-refractivity contribution < 1.29 is 0 Å². The molecule has 1 unspecified atom stereocenters. The number of rotatable bonds is 4. The van der Waals surface area contributed by atoms with E-state index in [1.807, 2.05) is 19.4 Å². The highest BCUT2D eigenvalue weighted by atomic mass is 32.2. The SMILES string of the molecule is CNc1cncc(NCC2CCSC2)c1. The minimum atomic E-state index is 0.827. The highest BCUT2D eigenvalue weighted by molar-refractivity contribution is 7.99. The van der Waals surface area contributed by atoms with Crippen molar-refractivity contribution in [2.75, 3.05) is 35.7 Å². The van der Waals surface area contributed by atoms with E-state index in [1.54, 1.807) is 0 Å². The summed E-state index contributed by atoms with van der Waals surface area (Å²) in [6.07, 6.45) is 5.05. The molecule has 2 heterocycles. The van der Waals surface area contributed by atoms with E-state index in [9.17, 15) is 0 Å². The maximum absolute atomic E-state index is 4.17. The second-order valence-corrected chi connectivity index (χ2v) is 4.97. The Balaban J connectivity index is 1.86. The van der Waals surface area contributed by atoms with E-state index in [0.29, 0.717) is 0 Å². The van der Waals surface area contributed by atoms with Crippen molar-refractivity contribution >= 4 is 23.1 Å². The summed E-state index contributed by atoms with van der Waals surface area (Å²) in [5, 5.41) is 6.53. The molecular formula is C11H17N3S. The van der Waals surface area contributed by atoms with Crippen LogP contribution in [0.1, 0.15) is 6.42 Å². The van der Waals surface area contributed by atoms with Gasteiger partial charge in [0.1, 0.15) is 0 Å². The maximum Gasteiger partial charge on any atom is 0.0547 e. The molecule has 0 bridgehead atoms. The molecule has 1 aromatic heterocycles. The minimum Gasteiger partial charge on any atom is -0.387 e. The van der Waals surface area contributed by atoms with Crippen molar-refractivity contribution in [2.45, 2.75) is 6.42 Å². The van der Waals surface area contributed by atoms with Crippen molar-refractivity contribution in [2.24, 2.45) is 5.92 Å². The van der Waals surface area contributed by atoms with Crippen LogP contribution in [0.4, 0.5) is 11.4 Å². The van der Waals surface area contributed by atoms with Gasteiger partial charge in [0.05, 0.1) is 23.8 Å². The molecule has 0 amide bonds. The van der Waals surface area contributed by atoms with Crippen LogP contribution in [-0.4, -0.2) is 30.1 Å². The highest BCUT2D eigenvalue weighted by Gasteiger charge is 2.14. The summed E-state index contributed by atoms with van der Waals surface area (Å²) >= 11 is 2.06. The second kappa shape index (κ2) is 5.26. The Hall–Kier alpha value is -0.900. The molecule has 1 fully saturated rings. The normalized spacial score (nSPS) is 20.2. The molecule has 1 saturated heterocycles. The number of pyridine rings is 1. The number of hydrogen-bond acceptors (Lipinski definition) is 4. The number of thioether (sulfide) groups is 1. The first-order chi connectivity index (χ1) is 7.38. The Kier molecular flexibility index (Phi) is 3.72. The van der Waals surface area contributed by atoms with Gasteiger partial charge in [0.2, 0.25) is 0 Å². The largest absolute Gasteiger partial charge is 0.387 e. The first-order valence-electron chi connectivity index (χ1n) is 5.33. The minimum absolute atomic E-state index is 0.827. The van der Waals surface area contributed by atoms with Gasteiger partial charge >= 0.3 is 0 Å². The Labute approximate surface area is 95.1 Å². The summed E-state index contributed by atoms with van der Waals surface area (Å²) in [7, 11) is 1.91. The molecule has 0 saturated carbocycles.